The first kappa shape index (κ1) is 20.0. The molecule has 0 saturated carbocycles. The van der Waals surface area contributed by atoms with Gasteiger partial charge in [0.05, 0.1) is 6.42 Å². The predicted octanol–water partition coefficient (Wildman–Crippen LogP) is 1.59. The smallest absolute Gasteiger partial charge is 0.321 e. The Bertz CT molecular complexity index is 791. The second-order valence-corrected chi connectivity index (χ2v) is 5.48. The Morgan fingerprint density at radius 1 is 1.22 bits per heavy atom. The number of ether oxygens (including phenoxy) is 1. The molecule has 144 valence electrons. The van der Waals surface area contributed by atoms with Crippen molar-refractivity contribution in [1.82, 2.24) is 20.8 Å². The van der Waals surface area contributed by atoms with Crippen molar-refractivity contribution in [3.8, 4) is 11.4 Å². The minimum atomic E-state index is -0.728. The van der Waals surface area contributed by atoms with E-state index in [4.69, 9.17) is 9.26 Å². The van der Waals surface area contributed by atoms with Gasteiger partial charge < -0.3 is 14.6 Å². The minimum absolute atomic E-state index is 0.0830. The lowest BCUT2D eigenvalue weighted by molar-refractivity contribution is -0.148. The first-order chi connectivity index (χ1) is 13.0. The number of urea groups is 1. The van der Waals surface area contributed by atoms with Crippen LogP contribution in [-0.2, 0) is 20.7 Å². The van der Waals surface area contributed by atoms with Crippen molar-refractivity contribution in [1.29, 1.82) is 0 Å². The van der Waals surface area contributed by atoms with Crippen LogP contribution in [0.5, 0.6) is 0 Å². The van der Waals surface area contributed by atoms with Gasteiger partial charge in [-0.2, -0.15) is 4.98 Å². The molecule has 0 radical (unpaired) electrons. The molecule has 1 aromatic carbocycles. The first-order valence-electron chi connectivity index (χ1n) is 8.29. The second kappa shape index (κ2) is 10.00. The van der Waals surface area contributed by atoms with E-state index in [1.807, 2.05) is 12.2 Å². The van der Waals surface area contributed by atoms with Crippen LogP contribution >= 0.6 is 0 Å². The number of rotatable bonds is 8. The third-order valence-corrected chi connectivity index (χ3v) is 3.27. The zero-order valence-corrected chi connectivity index (χ0v) is 14.7. The van der Waals surface area contributed by atoms with Crippen LogP contribution < -0.4 is 10.6 Å². The summed E-state index contributed by atoms with van der Waals surface area (Å²) in [7, 11) is 0. The zero-order valence-electron chi connectivity index (χ0n) is 14.7. The van der Waals surface area contributed by atoms with Gasteiger partial charge in [0.15, 0.2) is 6.61 Å². The Labute approximate surface area is 154 Å². The first-order valence-corrected chi connectivity index (χ1v) is 8.29. The van der Waals surface area contributed by atoms with Crippen LogP contribution in [0.1, 0.15) is 25.7 Å². The molecule has 0 aliphatic carbocycles. The van der Waals surface area contributed by atoms with Gasteiger partial charge in [0.25, 0.3) is 5.91 Å². The van der Waals surface area contributed by atoms with Crippen LogP contribution in [0.3, 0.4) is 0 Å². The summed E-state index contributed by atoms with van der Waals surface area (Å²) in [5, 5.41) is 8.25. The van der Waals surface area contributed by atoms with E-state index in [-0.39, 0.29) is 30.4 Å². The van der Waals surface area contributed by atoms with Crippen molar-refractivity contribution in [2.45, 2.75) is 26.2 Å². The largest absolute Gasteiger partial charge is 0.456 e. The molecule has 0 atom stereocenters. The van der Waals surface area contributed by atoms with E-state index in [2.05, 4.69) is 15.5 Å². The molecular weight excluding hydrogens is 359 g/mol. The molecule has 0 aliphatic heterocycles. The van der Waals surface area contributed by atoms with E-state index in [0.29, 0.717) is 12.1 Å². The highest BCUT2D eigenvalue weighted by molar-refractivity contribution is 5.95. The lowest BCUT2D eigenvalue weighted by atomic mass is 10.2. The van der Waals surface area contributed by atoms with Gasteiger partial charge in [0.1, 0.15) is 5.82 Å². The Kier molecular flexibility index (Phi) is 7.41. The molecule has 10 heteroatoms. The number of imide groups is 1. The molecule has 0 fully saturated rings. The Morgan fingerprint density at radius 3 is 2.67 bits per heavy atom. The number of hydrogen-bond acceptors (Lipinski definition) is 7. The van der Waals surface area contributed by atoms with Crippen molar-refractivity contribution in [2.24, 2.45) is 0 Å². The van der Waals surface area contributed by atoms with Gasteiger partial charge in [-0.05, 0) is 30.7 Å². The summed E-state index contributed by atoms with van der Waals surface area (Å²) >= 11 is 0. The van der Waals surface area contributed by atoms with Crippen LogP contribution in [-0.4, -0.2) is 41.2 Å². The average molecular weight is 378 g/mol. The van der Waals surface area contributed by atoms with Crippen LogP contribution in [0.25, 0.3) is 11.4 Å². The van der Waals surface area contributed by atoms with E-state index in [1.165, 1.54) is 24.3 Å². The van der Waals surface area contributed by atoms with Crippen LogP contribution in [0.2, 0.25) is 0 Å². The molecule has 2 aromatic rings. The summed E-state index contributed by atoms with van der Waals surface area (Å²) in [6.07, 6.45) is 0.765. The molecule has 1 aromatic heterocycles. The molecule has 0 bridgehead atoms. The maximum atomic E-state index is 12.9. The monoisotopic (exact) mass is 378 g/mol. The number of aryl methyl sites for hydroxylation is 1. The number of benzene rings is 1. The van der Waals surface area contributed by atoms with E-state index < -0.39 is 24.5 Å². The summed E-state index contributed by atoms with van der Waals surface area (Å²) in [6.45, 7) is 1.74. The molecule has 3 amide bonds. The van der Waals surface area contributed by atoms with Gasteiger partial charge >= 0.3 is 12.0 Å². The second-order valence-electron chi connectivity index (χ2n) is 5.48. The quantitative estimate of drug-likeness (QED) is 0.669. The van der Waals surface area contributed by atoms with E-state index >= 15 is 0 Å². The summed E-state index contributed by atoms with van der Waals surface area (Å²) in [5.41, 5.74) is 0.576. The topological polar surface area (TPSA) is 123 Å². The van der Waals surface area contributed by atoms with Crippen molar-refractivity contribution in [2.75, 3.05) is 13.2 Å². The average Bonchev–Trinajstić information content (AvgIpc) is 3.12. The molecule has 2 rings (SSSR count). The summed E-state index contributed by atoms with van der Waals surface area (Å²) in [5.74, 6) is -1.28. The Balaban J connectivity index is 1.72. The predicted molar refractivity (Wildman–Crippen MR) is 90.8 cm³/mol. The highest BCUT2D eigenvalue weighted by Crippen LogP contribution is 2.16. The maximum absolute atomic E-state index is 12.9. The molecule has 0 aliphatic rings. The van der Waals surface area contributed by atoms with Crippen molar-refractivity contribution in [3.63, 3.8) is 0 Å². The number of amides is 3. The number of hydrogen-bond donors (Lipinski definition) is 2. The fourth-order valence-electron chi connectivity index (χ4n) is 1.95. The van der Waals surface area contributed by atoms with E-state index in [9.17, 15) is 18.8 Å². The van der Waals surface area contributed by atoms with Gasteiger partial charge in [0, 0.05) is 18.5 Å². The van der Waals surface area contributed by atoms with Gasteiger partial charge in [-0.25, -0.2) is 9.18 Å². The normalized spacial score (nSPS) is 10.3. The Morgan fingerprint density at radius 2 is 1.96 bits per heavy atom. The van der Waals surface area contributed by atoms with E-state index in [0.717, 1.165) is 6.42 Å². The molecular formula is C17H19FN4O5. The highest BCUT2D eigenvalue weighted by Gasteiger charge is 2.13. The summed E-state index contributed by atoms with van der Waals surface area (Å²) < 4.78 is 22.7. The molecule has 9 nitrogen and oxygen atoms in total. The number of nitrogens with one attached hydrogen (secondary N) is 2. The fraction of sp³-hybridized carbons (Fsp3) is 0.353. The minimum Gasteiger partial charge on any atom is -0.456 e. The highest BCUT2D eigenvalue weighted by atomic mass is 19.1. The lowest BCUT2D eigenvalue weighted by Crippen LogP contribution is -2.41. The van der Waals surface area contributed by atoms with Crippen LogP contribution in [0.15, 0.2) is 28.8 Å². The molecule has 1 heterocycles. The number of halogens is 1. The van der Waals surface area contributed by atoms with Gasteiger partial charge in [-0.3, -0.25) is 14.9 Å². The summed E-state index contributed by atoms with van der Waals surface area (Å²) in [6, 6.07) is 4.92. The van der Waals surface area contributed by atoms with Crippen molar-refractivity contribution in [3.05, 3.63) is 36.0 Å². The van der Waals surface area contributed by atoms with Crippen molar-refractivity contribution < 1.29 is 28.0 Å². The van der Waals surface area contributed by atoms with Crippen LogP contribution in [0, 0.1) is 5.82 Å². The number of nitrogens with zero attached hydrogens (tertiary/aromatic N) is 2. The molecule has 0 spiro atoms. The number of aromatic nitrogens is 2. The standard InChI is InChI=1S/C17H19FN4O5/c1-2-9-19-17(25)20-13(23)10-26-15(24)8-7-14-21-16(22-27-14)11-3-5-12(18)6-4-11/h3-6H,2,7-10H2,1H3,(H2,19,20,23,25). The molecule has 0 unspecified atom stereocenters. The van der Waals surface area contributed by atoms with Crippen molar-refractivity contribution >= 4 is 17.9 Å². The van der Waals surface area contributed by atoms with Gasteiger partial charge in [-0.15, -0.1) is 0 Å². The molecule has 2 N–H and O–H groups in total. The number of carbonyl (C=O) groups is 3. The number of esters is 1. The third kappa shape index (κ3) is 6.84. The fourth-order valence-corrected chi connectivity index (χ4v) is 1.95. The van der Waals surface area contributed by atoms with Crippen LogP contribution in [0.4, 0.5) is 9.18 Å². The Hall–Kier alpha value is -3.30. The lowest BCUT2D eigenvalue weighted by Gasteiger charge is -2.06. The number of carbonyl (C=O) groups excluding carboxylic acids is 3. The van der Waals surface area contributed by atoms with Gasteiger partial charge in [0.2, 0.25) is 11.7 Å². The van der Waals surface area contributed by atoms with Gasteiger partial charge in [-0.1, -0.05) is 12.1 Å². The van der Waals surface area contributed by atoms with E-state index in [1.54, 1.807) is 0 Å². The SMILES string of the molecule is CCCNC(=O)NC(=O)COC(=O)CCc1nc(-c2ccc(F)cc2)no1. The zero-order chi connectivity index (χ0) is 19.6. The molecule has 27 heavy (non-hydrogen) atoms. The maximum Gasteiger partial charge on any atom is 0.321 e. The molecule has 0 saturated heterocycles. The summed E-state index contributed by atoms with van der Waals surface area (Å²) in [4.78, 5) is 38.5. The third-order valence-electron chi connectivity index (χ3n) is 3.27.